The Bertz CT molecular complexity index is 1230. The summed E-state index contributed by atoms with van der Waals surface area (Å²) in [5.74, 6) is 0. The maximum absolute atomic E-state index is 12.5. The van der Waals surface area contributed by atoms with Gasteiger partial charge in [0.05, 0.1) is 16.6 Å². The molecule has 2 aromatic heterocycles. The molecule has 0 amide bonds. The van der Waals surface area contributed by atoms with Crippen molar-refractivity contribution >= 4 is 26.9 Å². The van der Waals surface area contributed by atoms with Gasteiger partial charge in [0.1, 0.15) is 6.26 Å². The third kappa shape index (κ3) is 2.86. The number of hydrogen-bond acceptors (Lipinski definition) is 5. The molecule has 2 aromatic carbocycles. The third-order valence-electron chi connectivity index (χ3n) is 3.84. The van der Waals surface area contributed by atoms with Gasteiger partial charge in [0.15, 0.2) is 0 Å². The number of sulfonamides is 1. The van der Waals surface area contributed by atoms with Gasteiger partial charge < -0.3 is 4.42 Å². The summed E-state index contributed by atoms with van der Waals surface area (Å²) in [6, 6.07) is 16.6. The standard InChI is InChI=1S/C18H13N3O4S/c22-17-9-6-13-12-15(26(23,24)20-18-19-10-11-25-18)7-8-16(13)21(17)14-4-2-1-3-5-14/h1-12H,(H,19,20). The molecule has 0 aliphatic carbocycles. The second-order valence-electron chi connectivity index (χ2n) is 5.51. The summed E-state index contributed by atoms with van der Waals surface area (Å²) in [5, 5.41) is 0.615. The van der Waals surface area contributed by atoms with E-state index in [1.807, 2.05) is 30.3 Å². The van der Waals surface area contributed by atoms with Gasteiger partial charge in [0.2, 0.25) is 0 Å². The third-order valence-corrected chi connectivity index (χ3v) is 5.16. The minimum Gasteiger partial charge on any atom is -0.432 e. The van der Waals surface area contributed by atoms with Gasteiger partial charge in [-0.1, -0.05) is 18.2 Å². The highest BCUT2D eigenvalue weighted by atomic mass is 32.2. The van der Waals surface area contributed by atoms with Crippen LogP contribution in [-0.2, 0) is 10.0 Å². The number of benzene rings is 2. The van der Waals surface area contributed by atoms with E-state index >= 15 is 0 Å². The average molecular weight is 367 g/mol. The zero-order valence-electron chi connectivity index (χ0n) is 13.4. The van der Waals surface area contributed by atoms with Crippen LogP contribution in [-0.4, -0.2) is 18.0 Å². The van der Waals surface area contributed by atoms with Crippen LogP contribution in [0.4, 0.5) is 6.01 Å². The van der Waals surface area contributed by atoms with Crippen molar-refractivity contribution in [2.24, 2.45) is 0 Å². The first-order chi connectivity index (χ1) is 12.5. The molecule has 2 heterocycles. The van der Waals surface area contributed by atoms with Crippen LogP contribution in [0.5, 0.6) is 0 Å². The van der Waals surface area contributed by atoms with E-state index in [4.69, 9.17) is 4.42 Å². The number of nitrogens with zero attached hydrogens (tertiary/aromatic N) is 2. The highest BCUT2D eigenvalue weighted by Crippen LogP contribution is 2.22. The minimum absolute atomic E-state index is 0.0430. The van der Waals surface area contributed by atoms with Gasteiger partial charge in [0, 0.05) is 17.1 Å². The summed E-state index contributed by atoms with van der Waals surface area (Å²) < 4.78 is 33.7. The predicted octanol–water partition coefficient (Wildman–Crippen LogP) is 2.78. The van der Waals surface area contributed by atoms with Gasteiger partial charge in [-0.05, 0) is 36.4 Å². The Morgan fingerprint density at radius 1 is 1.00 bits per heavy atom. The van der Waals surface area contributed by atoms with Crippen LogP contribution >= 0.6 is 0 Å². The van der Waals surface area contributed by atoms with Gasteiger partial charge >= 0.3 is 6.01 Å². The van der Waals surface area contributed by atoms with Crippen LogP contribution in [0.1, 0.15) is 0 Å². The first-order valence-corrected chi connectivity index (χ1v) is 9.16. The van der Waals surface area contributed by atoms with Gasteiger partial charge in [-0.3, -0.25) is 9.36 Å². The molecule has 0 saturated heterocycles. The molecule has 0 fully saturated rings. The van der Waals surface area contributed by atoms with E-state index in [9.17, 15) is 13.2 Å². The summed E-state index contributed by atoms with van der Waals surface area (Å²) in [6.07, 6.45) is 2.62. The zero-order chi connectivity index (χ0) is 18.1. The van der Waals surface area contributed by atoms with Crippen molar-refractivity contribution in [2.45, 2.75) is 4.90 Å². The molecule has 0 aliphatic rings. The highest BCUT2D eigenvalue weighted by molar-refractivity contribution is 7.92. The lowest BCUT2D eigenvalue weighted by molar-refractivity contribution is 0.570. The number of aromatic nitrogens is 2. The Hall–Kier alpha value is -3.39. The lowest BCUT2D eigenvalue weighted by Gasteiger charge is -2.11. The lowest BCUT2D eigenvalue weighted by Crippen LogP contribution is -2.18. The maximum atomic E-state index is 12.5. The quantitative estimate of drug-likeness (QED) is 0.598. The molecule has 130 valence electrons. The molecule has 8 heteroatoms. The molecule has 0 saturated carbocycles. The number of oxazole rings is 1. The van der Waals surface area contributed by atoms with Crippen molar-refractivity contribution < 1.29 is 12.8 Å². The second kappa shape index (κ2) is 6.16. The molecule has 0 aliphatic heterocycles. The topological polar surface area (TPSA) is 94.2 Å². The fraction of sp³-hybridized carbons (Fsp3) is 0. The zero-order valence-corrected chi connectivity index (χ0v) is 14.2. The summed E-state index contributed by atoms with van der Waals surface area (Å²) in [5.41, 5.74) is 1.12. The van der Waals surface area contributed by atoms with Gasteiger partial charge in [-0.25, -0.2) is 18.1 Å². The van der Waals surface area contributed by atoms with Crippen LogP contribution in [0.3, 0.4) is 0 Å². The number of para-hydroxylation sites is 1. The smallest absolute Gasteiger partial charge is 0.308 e. The van der Waals surface area contributed by atoms with Gasteiger partial charge in [0.25, 0.3) is 15.6 Å². The molecule has 4 rings (SSSR count). The molecule has 4 aromatic rings. The van der Waals surface area contributed by atoms with E-state index in [0.29, 0.717) is 16.6 Å². The number of anilines is 1. The number of fused-ring (bicyclic) bond motifs is 1. The first kappa shape index (κ1) is 16.1. The summed E-state index contributed by atoms with van der Waals surface area (Å²) in [7, 11) is -3.86. The van der Waals surface area contributed by atoms with Gasteiger partial charge in [-0.2, -0.15) is 0 Å². The molecular weight excluding hydrogens is 354 g/mol. The van der Waals surface area contributed by atoms with E-state index in [-0.39, 0.29) is 16.5 Å². The Morgan fingerprint density at radius 2 is 1.81 bits per heavy atom. The molecule has 0 unspecified atom stereocenters. The fourth-order valence-electron chi connectivity index (χ4n) is 2.68. The Morgan fingerprint density at radius 3 is 2.54 bits per heavy atom. The number of hydrogen-bond donors (Lipinski definition) is 1. The Labute approximate surface area is 148 Å². The van der Waals surface area contributed by atoms with E-state index in [2.05, 4.69) is 9.71 Å². The Balaban J connectivity index is 1.85. The molecular formula is C18H13N3O4S. The Kier molecular flexibility index (Phi) is 3.81. The SMILES string of the molecule is O=c1ccc2cc(S(=O)(=O)Nc3ncco3)ccc2n1-c1ccccc1. The molecule has 0 bridgehead atoms. The largest absolute Gasteiger partial charge is 0.432 e. The molecule has 0 radical (unpaired) electrons. The van der Waals surface area contributed by atoms with Crippen molar-refractivity contribution in [3.63, 3.8) is 0 Å². The van der Waals surface area contributed by atoms with Crippen LogP contribution in [0.25, 0.3) is 16.6 Å². The van der Waals surface area contributed by atoms with Crippen LogP contribution in [0.2, 0.25) is 0 Å². The maximum Gasteiger partial charge on any atom is 0.308 e. The summed E-state index contributed by atoms with van der Waals surface area (Å²) in [6.45, 7) is 0. The molecule has 26 heavy (non-hydrogen) atoms. The first-order valence-electron chi connectivity index (χ1n) is 7.68. The average Bonchev–Trinajstić information content (AvgIpc) is 3.14. The summed E-state index contributed by atoms with van der Waals surface area (Å²) >= 11 is 0. The molecule has 7 nitrogen and oxygen atoms in total. The fourth-order valence-corrected chi connectivity index (χ4v) is 3.66. The number of rotatable bonds is 4. The molecule has 0 spiro atoms. The van der Waals surface area contributed by atoms with Crippen LogP contribution < -0.4 is 10.3 Å². The monoisotopic (exact) mass is 367 g/mol. The second-order valence-corrected chi connectivity index (χ2v) is 7.19. The van der Waals surface area contributed by atoms with Gasteiger partial charge in [-0.15, -0.1) is 0 Å². The van der Waals surface area contributed by atoms with E-state index in [0.717, 1.165) is 0 Å². The van der Waals surface area contributed by atoms with Crippen LogP contribution in [0, 0.1) is 0 Å². The van der Waals surface area contributed by atoms with E-state index < -0.39 is 10.0 Å². The van der Waals surface area contributed by atoms with Crippen molar-refractivity contribution in [1.82, 2.24) is 9.55 Å². The van der Waals surface area contributed by atoms with E-state index in [1.165, 1.54) is 35.2 Å². The van der Waals surface area contributed by atoms with Crippen molar-refractivity contribution in [1.29, 1.82) is 0 Å². The molecule has 1 N–H and O–H groups in total. The van der Waals surface area contributed by atoms with Crippen LogP contribution in [0.15, 0.2) is 87.2 Å². The summed E-state index contributed by atoms with van der Waals surface area (Å²) in [4.78, 5) is 16.1. The normalized spacial score (nSPS) is 11.5. The number of nitrogens with one attached hydrogen (secondary N) is 1. The number of pyridine rings is 1. The van der Waals surface area contributed by atoms with Crippen molar-refractivity contribution in [3.8, 4) is 5.69 Å². The lowest BCUT2D eigenvalue weighted by atomic mass is 10.2. The highest BCUT2D eigenvalue weighted by Gasteiger charge is 2.17. The van der Waals surface area contributed by atoms with Crippen molar-refractivity contribution in [3.05, 3.63) is 83.5 Å². The van der Waals surface area contributed by atoms with E-state index in [1.54, 1.807) is 12.1 Å². The molecule has 0 atom stereocenters. The minimum atomic E-state index is -3.86. The predicted molar refractivity (Wildman–Crippen MR) is 96.9 cm³/mol. The van der Waals surface area contributed by atoms with Crippen molar-refractivity contribution in [2.75, 3.05) is 4.72 Å².